The van der Waals surface area contributed by atoms with Crippen LogP contribution in [0.5, 0.6) is 0 Å². The molecule has 1 aliphatic carbocycles. The average molecular weight is 293 g/mol. The van der Waals surface area contributed by atoms with Gasteiger partial charge in [-0.05, 0) is 34.1 Å². The van der Waals surface area contributed by atoms with Crippen LogP contribution in [-0.2, 0) is 14.3 Å². The van der Waals surface area contributed by atoms with E-state index < -0.39 is 5.60 Å². The summed E-state index contributed by atoms with van der Waals surface area (Å²) in [7, 11) is 0. The second kappa shape index (κ2) is 4.75. The summed E-state index contributed by atoms with van der Waals surface area (Å²) in [5.41, 5.74) is -0.523. The molecule has 0 aromatic rings. The lowest BCUT2D eigenvalue weighted by atomic mass is 9.68. The number of carbonyl (C=O) groups excluding carboxylic acids is 2. The molecular weight excluding hydrogens is 270 g/mol. The molecular formula is C16H23NO4. The van der Waals surface area contributed by atoms with Crippen LogP contribution < -0.4 is 0 Å². The number of amides is 1. The molecule has 3 aliphatic rings. The van der Waals surface area contributed by atoms with Gasteiger partial charge >= 0.3 is 12.1 Å². The Morgan fingerprint density at radius 1 is 1.24 bits per heavy atom. The normalized spacial score (nSPS) is 36.2. The molecule has 0 radical (unpaired) electrons. The Morgan fingerprint density at radius 3 is 2.43 bits per heavy atom. The summed E-state index contributed by atoms with van der Waals surface area (Å²) in [6.45, 7) is 7.77. The van der Waals surface area contributed by atoms with Crippen molar-refractivity contribution in [1.29, 1.82) is 0 Å². The van der Waals surface area contributed by atoms with Gasteiger partial charge in [-0.25, -0.2) is 4.79 Å². The van der Waals surface area contributed by atoms with Crippen LogP contribution in [0.3, 0.4) is 0 Å². The third-order valence-corrected chi connectivity index (χ3v) is 4.62. The second-order valence-corrected chi connectivity index (χ2v) is 7.08. The molecule has 0 spiro atoms. The van der Waals surface area contributed by atoms with Crippen LogP contribution >= 0.6 is 0 Å². The molecule has 5 nitrogen and oxygen atoms in total. The van der Waals surface area contributed by atoms with E-state index in [2.05, 4.69) is 12.2 Å². The lowest BCUT2D eigenvalue weighted by Crippen LogP contribution is -2.43. The van der Waals surface area contributed by atoms with Crippen LogP contribution in [0.1, 0.15) is 34.1 Å². The molecule has 3 rings (SSSR count). The monoisotopic (exact) mass is 293 g/mol. The number of nitrogens with zero attached hydrogens (tertiary/aromatic N) is 1. The maximum atomic E-state index is 12.5. The fourth-order valence-electron chi connectivity index (χ4n) is 3.88. The third-order valence-electron chi connectivity index (χ3n) is 4.62. The molecule has 2 saturated heterocycles. The van der Waals surface area contributed by atoms with E-state index in [4.69, 9.17) is 9.47 Å². The zero-order valence-corrected chi connectivity index (χ0v) is 13.0. The van der Waals surface area contributed by atoms with Gasteiger partial charge in [0.2, 0.25) is 0 Å². The van der Waals surface area contributed by atoms with E-state index in [-0.39, 0.29) is 36.0 Å². The molecule has 1 amide bonds. The summed E-state index contributed by atoms with van der Waals surface area (Å²) in [6, 6.07) is -0.0202. The van der Waals surface area contributed by atoms with Crippen molar-refractivity contribution in [2.45, 2.75) is 51.8 Å². The Morgan fingerprint density at radius 2 is 1.90 bits per heavy atom. The predicted molar refractivity (Wildman–Crippen MR) is 76.5 cm³/mol. The molecule has 0 aromatic heterocycles. The number of ether oxygens (including phenoxy) is 2. The van der Waals surface area contributed by atoms with Gasteiger partial charge in [-0.1, -0.05) is 12.2 Å². The summed E-state index contributed by atoms with van der Waals surface area (Å²) in [5.74, 6) is 0.268. The topological polar surface area (TPSA) is 55.8 Å². The molecule has 2 fully saturated rings. The van der Waals surface area contributed by atoms with Crippen LogP contribution in [0.25, 0.3) is 0 Å². The van der Waals surface area contributed by atoms with Crippen LogP contribution in [-0.4, -0.2) is 41.3 Å². The highest BCUT2D eigenvalue weighted by Crippen LogP contribution is 2.54. The largest absolute Gasteiger partial charge is 0.466 e. The highest BCUT2D eigenvalue weighted by Gasteiger charge is 2.63. The quantitative estimate of drug-likeness (QED) is 0.579. The summed E-state index contributed by atoms with van der Waals surface area (Å²) in [6.07, 6.45) is 4.64. The van der Waals surface area contributed by atoms with Gasteiger partial charge in [0.25, 0.3) is 0 Å². The van der Waals surface area contributed by atoms with E-state index in [9.17, 15) is 9.59 Å². The molecule has 2 bridgehead atoms. The zero-order valence-electron chi connectivity index (χ0n) is 13.0. The van der Waals surface area contributed by atoms with Crippen molar-refractivity contribution in [3.05, 3.63) is 12.2 Å². The first-order valence-electron chi connectivity index (χ1n) is 7.69. The molecule has 116 valence electrons. The van der Waals surface area contributed by atoms with Gasteiger partial charge in [0.05, 0.1) is 18.6 Å². The number of rotatable bonds is 2. The molecule has 0 N–H and O–H groups in total. The lowest BCUT2D eigenvalue weighted by molar-refractivity contribution is -0.149. The van der Waals surface area contributed by atoms with Crippen molar-refractivity contribution >= 4 is 12.1 Å². The van der Waals surface area contributed by atoms with Gasteiger partial charge < -0.3 is 14.4 Å². The Balaban J connectivity index is 1.80. The first kappa shape index (κ1) is 14.4. The molecule has 0 unspecified atom stereocenters. The minimum absolute atomic E-state index is 0.0780. The number of fused-ring (bicyclic) bond motifs is 5. The van der Waals surface area contributed by atoms with Crippen molar-refractivity contribution < 1.29 is 19.1 Å². The summed E-state index contributed by atoms with van der Waals surface area (Å²) in [5, 5.41) is 0. The molecule has 2 heterocycles. The first-order chi connectivity index (χ1) is 9.83. The highest BCUT2D eigenvalue weighted by molar-refractivity contribution is 5.78. The van der Waals surface area contributed by atoms with Crippen LogP contribution in [0.2, 0.25) is 0 Å². The van der Waals surface area contributed by atoms with E-state index >= 15 is 0 Å². The Hall–Kier alpha value is -1.52. The minimum atomic E-state index is -0.523. The van der Waals surface area contributed by atoms with Gasteiger partial charge in [0.1, 0.15) is 5.60 Å². The highest BCUT2D eigenvalue weighted by atomic mass is 16.6. The first-order valence-corrected chi connectivity index (χ1v) is 7.69. The summed E-state index contributed by atoms with van der Waals surface area (Å²) < 4.78 is 10.7. The Bertz CT molecular complexity index is 493. The fraction of sp³-hybridized carbons (Fsp3) is 0.750. The van der Waals surface area contributed by atoms with E-state index in [1.54, 1.807) is 4.90 Å². The second-order valence-electron chi connectivity index (χ2n) is 7.08. The summed E-state index contributed by atoms with van der Waals surface area (Å²) >= 11 is 0. The van der Waals surface area contributed by atoms with Crippen molar-refractivity contribution in [3.63, 3.8) is 0 Å². The number of esters is 1. The van der Waals surface area contributed by atoms with Gasteiger partial charge in [0.15, 0.2) is 0 Å². The van der Waals surface area contributed by atoms with E-state index in [0.717, 1.165) is 0 Å². The Kier molecular flexibility index (Phi) is 3.26. The van der Waals surface area contributed by atoms with Gasteiger partial charge in [0, 0.05) is 17.9 Å². The number of carbonyl (C=O) groups is 2. The van der Waals surface area contributed by atoms with Crippen LogP contribution in [0.4, 0.5) is 4.79 Å². The molecule has 5 heteroatoms. The molecule has 0 aromatic carbocycles. The van der Waals surface area contributed by atoms with Gasteiger partial charge in [-0.2, -0.15) is 0 Å². The van der Waals surface area contributed by atoms with E-state index in [1.807, 2.05) is 27.7 Å². The predicted octanol–water partition coefficient (Wildman–Crippen LogP) is 2.36. The average Bonchev–Trinajstić information content (AvgIpc) is 2.74. The molecule has 0 saturated carbocycles. The van der Waals surface area contributed by atoms with Crippen LogP contribution in [0, 0.1) is 17.8 Å². The molecule has 2 aliphatic heterocycles. The number of hydrogen-bond donors (Lipinski definition) is 0. The molecule has 21 heavy (non-hydrogen) atoms. The van der Waals surface area contributed by atoms with Gasteiger partial charge in [-0.15, -0.1) is 0 Å². The van der Waals surface area contributed by atoms with Crippen molar-refractivity contribution in [1.82, 2.24) is 4.90 Å². The lowest BCUT2D eigenvalue weighted by Gasteiger charge is -2.34. The zero-order chi connectivity index (χ0) is 15.4. The van der Waals surface area contributed by atoms with Crippen molar-refractivity contribution in [2.24, 2.45) is 17.8 Å². The van der Waals surface area contributed by atoms with Crippen molar-refractivity contribution in [2.75, 3.05) is 6.61 Å². The minimum Gasteiger partial charge on any atom is -0.466 e. The van der Waals surface area contributed by atoms with Crippen molar-refractivity contribution in [3.8, 4) is 0 Å². The maximum Gasteiger partial charge on any atom is 0.410 e. The standard InChI is InChI=1S/C16H23NO4/c1-5-20-14(18)11-8-12-9-6-7-10(9)13(11)17(12)15(19)21-16(2,3)4/h6-7,9-13H,5,8H2,1-4H3/t9-,10+,11+,12+,13+/m1/s1. The van der Waals surface area contributed by atoms with Crippen LogP contribution in [0.15, 0.2) is 12.2 Å². The van der Waals surface area contributed by atoms with E-state index in [1.165, 1.54) is 0 Å². The third kappa shape index (κ3) is 2.23. The number of hydrogen-bond acceptors (Lipinski definition) is 4. The smallest absolute Gasteiger partial charge is 0.410 e. The fourth-order valence-corrected chi connectivity index (χ4v) is 3.88. The van der Waals surface area contributed by atoms with Gasteiger partial charge in [-0.3, -0.25) is 4.79 Å². The van der Waals surface area contributed by atoms with E-state index in [0.29, 0.717) is 18.9 Å². The molecule has 5 atom stereocenters. The summed E-state index contributed by atoms with van der Waals surface area (Å²) in [4.78, 5) is 26.4. The SMILES string of the molecule is CCOC(=O)[C@H]1C[C@H]2[C@@H]3C=C[C@@H]3[C@@H]1N2C(=O)OC(C)(C)C. The Labute approximate surface area is 125 Å². The maximum absolute atomic E-state index is 12.5.